The average molecular weight is 591 g/mol. The number of phenolic OH excluding ortho intramolecular Hbond substituents is 1. The molecule has 0 bridgehead atoms. The van der Waals surface area contributed by atoms with Crippen LogP contribution in [-0.2, 0) is 6.42 Å². The number of thioether (sulfide) groups is 1. The number of phenols is 1. The van der Waals surface area contributed by atoms with Crippen LogP contribution in [0.4, 0.5) is 0 Å². The molecular formula is C31H31N3O5S2. The van der Waals surface area contributed by atoms with Gasteiger partial charge in [0.05, 0.1) is 36.0 Å². The number of imidazole rings is 1. The van der Waals surface area contributed by atoms with E-state index >= 15 is 0 Å². The molecule has 2 aromatic heterocycles. The first-order chi connectivity index (χ1) is 19.9. The van der Waals surface area contributed by atoms with Crippen molar-refractivity contribution < 1.29 is 25.2 Å². The largest absolute Gasteiger partial charge is 0.508 e. The van der Waals surface area contributed by atoms with E-state index in [1.165, 1.54) is 11.8 Å². The van der Waals surface area contributed by atoms with E-state index in [4.69, 9.17) is 14.7 Å². The molecule has 41 heavy (non-hydrogen) atoms. The minimum Gasteiger partial charge on any atom is -0.508 e. The zero-order valence-corrected chi connectivity index (χ0v) is 24.0. The van der Waals surface area contributed by atoms with Gasteiger partial charge in [0.1, 0.15) is 17.2 Å². The Morgan fingerprint density at radius 2 is 1.61 bits per heavy atom. The maximum absolute atomic E-state index is 11.6. The van der Waals surface area contributed by atoms with Crippen LogP contribution >= 0.6 is 24.4 Å². The highest BCUT2D eigenvalue weighted by Crippen LogP contribution is 2.41. The molecule has 0 saturated heterocycles. The number of hydrogen-bond acceptors (Lipinski definition) is 9. The van der Waals surface area contributed by atoms with Gasteiger partial charge in [0.25, 0.3) is 0 Å². The molecule has 1 unspecified atom stereocenters. The second-order valence-corrected chi connectivity index (χ2v) is 11.1. The quantitative estimate of drug-likeness (QED) is 0.109. The highest BCUT2D eigenvalue weighted by atomic mass is 32.2. The van der Waals surface area contributed by atoms with Crippen molar-refractivity contribution in [2.45, 2.75) is 23.9 Å². The van der Waals surface area contributed by atoms with E-state index in [1.54, 1.807) is 42.0 Å². The molecule has 8 nitrogen and oxygen atoms in total. The summed E-state index contributed by atoms with van der Waals surface area (Å²) < 4.78 is 6.95. The van der Waals surface area contributed by atoms with Gasteiger partial charge in [0.15, 0.2) is 5.65 Å². The van der Waals surface area contributed by atoms with Crippen LogP contribution in [0.1, 0.15) is 27.8 Å². The van der Waals surface area contributed by atoms with Crippen LogP contribution in [0.25, 0.3) is 16.9 Å². The van der Waals surface area contributed by atoms with Crippen LogP contribution < -0.4 is 4.74 Å². The molecule has 0 radical (unpaired) electrons. The Morgan fingerprint density at radius 1 is 0.902 bits per heavy atom. The highest BCUT2D eigenvalue weighted by molar-refractivity contribution is 7.99. The molecule has 0 fully saturated rings. The van der Waals surface area contributed by atoms with Crippen molar-refractivity contribution >= 4 is 30.0 Å². The van der Waals surface area contributed by atoms with Crippen molar-refractivity contribution in [1.29, 1.82) is 0 Å². The molecule has 212 valence electrons. The minimum absolute atomic E-state index is 0.0544. The van der Waals surface area contributed by atoms with Gasteiger partial charge in [-0.15, -0.1) is 11.8 Å². The number of benzene rings is 3. The lowest BCUT2D eigenvalue weighted by Gasteiger charge is -2.20. The SMILES string of the molecule is COc1ccc(-c2cn3c(O)c([13CH](SC[C@@H](O)[C@H](O)CS)c4ccc(O)cc4)nc3c(Cc3ccccc3)n2)cc1. The Bertz CT molecular complexity index is 1590. The van der Waals surface area contributed by atoms with Gasteiger partial charge in [-0.3, -0.25) is 4.40 Å². The van der Waals surface area contributed by atoms with E-state index in [1.807, 2.05) is 54.6 Å². The fourth-order valence-corrected chi connectivity index (χ4v) is 6.03. The molecule has 0 saturated carbocycles. The molecule has 0 spiro atoms. The lowest BCUT2D eigenvalue weighted by molar-refractivity contribution is 0.0502. The number of ether oxygens (including phenoxy) is 1. The Balaban J connectivity index is 1.64. The number of thiol groups is 1. The zero-order chi connectivity index (χ0) is 28.9. The van der Waals surface area contributed by atoms with Gasteiger partial charge in [-0.2, -0.15) is 12.6 Å². The summed E-state index contributed by atoms with van der Waals surface area (Å²) in [6.45, 7) is 0. The Labute approximate surface area is 247 Å². The molecule has 0 aliphatic carbocycles. The smallest absolute Gasteiger partial charge is 0.220 e. The molecule has 3 aromatic carbocycles. The van der Waals surface area contributed by atoms with E-state index in [0.29, 0.717) is 29.1 Å². The summed E-state index contributed by atoms with van der Waals surface area (Å²) in [5.74, 6) is 1.08. The summed E-state index contributed by atoms with van der Waals surface area (Å²) in [6, 6.07) is 24.1. The van der Waals surface area contributed by atoms with Crippen LogP contribution in [0.2, 0.25) is 0 Å². The van der Waals surface area contributed by atoms with E-state index in [0.717, 1.165) is 22.4 Å². The average Bonchev–Trinajstić information content (AvgIpc) is 3.34. The lowest BCUT2D eigenvalue weighted by atomic mass is 10.1. The van der Waals surface area contributed by atoms with Crippen LogP contribution in [0.15, 0.2) is 85.1 Å². The van der Waals surface area contributed by atoms with Crippen LogP contribution in [0.5, 0.6) is 17.4 Å². The van der Waals surface area contributed by atoms with Crippen LogP contribution in [-0.4, -0.2) is 65.6 Å². The molecule has 0 aliphatic heterocycles. The topological polar surface area (TPSA) is 120 Å². The number of methoxy groups -OCH3 is 1. The van der Waals surface area contributed by atoms with E-state index < -0.39 is 17.5 Å². The number of nitrogens with zero attached hydrogens (tertiary/aromatic N) is 3. The Morgan fingerprint density at radius 3 is 2.27 bits per heavy atom. The number of rotatable bonds is 11. The van der Waals surface area contributed by atoms with Gasteiger partial charge < -0.3 is 25.2 Å². The highest BCUT2D eigenvalue weighted by Gasteiger charge is 2.27. The predicted octanol–water partition coefficient (Wildman–Crippen LogP) is 4.88. The first-order valence-corrected chi connectivity index (χ1v) is 14.7. The molecule has 5 rings (SSSR count). The van der Waals surface area contributed by atoms with Crippen LogP contribution in [0, 0.1) is 0 Å². The molecule has 10 heteroatoms. The van der Waals surface area contributed by atoms with Crippen molar-refractivity contribution in [3.63, 3.8) is 0 Å². The van der Waals surface area contributed by atoms with Crippen molar-refractivity contribution in [2.24, 2.45) is 0 Å². The number of aliphatic hydroxyl groups excluding tert-OH is 2. The number of fused-ring (bicyclic) bond motifs is 1. The standard InChI is InChI=1S/C31H31N3O5S2/c1-39-23-13-9-20(10-14-23)25-16-34-30(24(32-25)15-19-5-3-2-4-6-19)33-28(31(34)38)29(21-7-11-22(35)12-8-21)41-18-27(37)26(36)17-40/h2-14,16,26-27,29,35-38,40H,15,17-18H2,1H3/t26-,27-,29?/m1/s1/i29+1. The van der Waals surface area contributed by atoms with Gasteiger partial charge in [-0.25, -0.2) is 9.97 Å². The minimum atomic E-state index is -1.02. The Kier molecular flexibility index (Phi) is 9.04. The van der Waals surface area contributed by atoms with Crippen molar-refractivity contribution in [3.05, 3.63) is 108 Å². The fraction of sp³-hybridized carbons (Fsp3) is 0.226. The summed E-state index contributed by atoms with van der Waals surface area (Å²) in [4.78, 5) is 9.87. The first-order valence-electron chi connectivity index (χ1n) is 13.0. The summed E-state index contributed by atoms with van der Waals surface area (Å²) in [6.07, 6.45) is 0.242. The molecule has 2 heterocycles. The molecule has 5 aromatic rings. The van der Waals surface area contributed by atoms with E-state index in [-0.39, 0.29) is 23.1 Å². The monoisotopic (exact) mass is 590 g/mol. The lowest BCUT2D eigenvalue weighted by Crippen LogP contribution is -2.29. The van der Waals surface area contributed by atoms with E-state index in [2.05, 4.69) is 12.6 Å². The normalized spacial score (nSPS) is 13.7. The van der Waals surface area contributed by atoms with Gasteiger partial charge in [-0.1, -0.05) is 42.5 Å². The summed E-state index contributed by atoms with van der Waals surface area (Å²) in [7, 11) is 1.61. The summed E-state index contributed by atoms with van der Waals surface area (Å²) in [5, 5.41) is 41.5. The molecule has 4 N–H and O–H groups in total. The van der Waals surface area contributed by atoms with Crippen molar-refractivity contribution in [1.82, 2.24) is 14.4 Å². The molecular weight excluding hydrogens is 559 g/mol. The fourth-order valence-electron chi connectivity index (χ4n) is 4.51. The Hall–Kier alpha value is -3.70. The molecule has 3 atom stereocenters. The number of hydrogen-bond donors (Lipinski definition) is 5. The van der Waals surface area contributed by atoms with Crippen molar-refractivity contribution in [2.75, 3.05) is 18.6 Å². The van der Waals surface area contributed by atoms with Crippen LogP contribution in [0.3, 0.4) is 0 Å². The van der Waals surface area contributed by atoms with Gasteiger partial charge >= 0.3 is 0 Å². The summed E-state index contributed by atoms with van der Waals surface area (Å²) in [5.41, 5.74) is 4.91. The maximum Gasteiger partial charge on any atom is 0.220 e. The number of aromatic nitrogens is 3. The van der Waals surface area contributed by atoms with E-state index in [9.17, 15) is 20.4 Å². The third-order valence-corrected chi connectivity index (χ3v) is 8.52. The number of aromatic hydroxyl groups is 2. The zero-order valence-electron chi connectivity index (χ0n) is 22.3. The third kappa shape index (κ3) is 6.46. The summed E-state index contributed by atoms with van der Waals surface area (Å²) >= 11 is 5.42. The second-order valence-electron chi connectivity index (χ2n) is 9.60. The predicted molar refractivity (Wildman–Crippen MR) is 164 cm³/mol. The van der Waals surface area contributed by atoms with Gasteiger partial charge in [0, 0.05) is 29.7 Å². The van der Waals surface area contributed by atoms with Gasteiger partial charge in [-0.05, 0) is 47.5 Å². The molecule has 0 aliphatic rings. The van der Waals surface area contributed by atoms with Crippen molar-refractivity contribution in [3.8, 4) is 28.6 Å². The first kappa shape index (κ1) is 28.8. The number of aliphatic hydroxyl groups is 2. The van der Waals surface area contributed by atoms with Gasteiger partial charge in [0.2, 0.25) is 5.88 Å². The third-order valence-electron chi connectivity index (χ3n) is 6.79. The molecule has 0 amide bonds. The maximum atomic E-state index is 11.6. The second kappa shape index (κ2) is 12.9.